The van der Waals surface area contributed by atoms with Crippen LogP contribution < -0.4 is 9.64 Å². The van der Waals surface area contributed by atoms with Crippen LogP contribution in [0.1, 0.15) is 47.5 Å². The van der Waals surface area contributed by atoms with Crippen LogP contribution in [0.2, 0.25) is 5.02 Å². The molecule has 2 atom stereocenters. The predicted molar refractivity (Wildman–Crippen MR) is 125 cm³/mol. The number of halogens is 2. The van der Waals surface area contributed by atoms with Crippen molar-refractivity contribution < 1.29 is 13.9 Å². The van der Waals surface area contributed by atoms with Gasteiger partial charge in [-0.05, 0) is 42.9 Å². The van der Waals surface area contributed by atoms with Gasteiger partial charge in [-0.15, -0.1) is 0 Å². The minimum atomic E-state index is -0.431. The summed E-state index contributed by atoms with van der Waals surface area (Å²) in [5.74, 6) is 1.50. The molecule has 1 aliphatic rings. The fourth-order valence-corrected chi connectivity index (χ4v) is 4.50. The Hall–Kier alpha value is -2.41. The Labute approximate surface area is 194 Å². The van der Waals surface area contributed by atoms with E-state index in [-0.39, 0.29) is 22.4 Å². The van der Waals surface area contributed by atoms with Crippen LogP contribution >= 0.6 is 11.6 Å². The molecular weight excluding hydrogens is 431 g/mol. The third-order valence-corrected chi connectivity index (χ3v) is 5.79. The Morgan fingerprint density at radius 1 is 1.28 bits per heavy atom. The van der Waals surface area contributed by atoms with Gasteiger partial charge in [0.1, 0.15) is 23.7 Å². The van der Waals surface area contributed by atoms with E-state index in [2.05, 4.69) is 49.5 Å². The second-order valence-electron chi connectivity index (χ2n) is 9.85. The first-order valence-corrected chi connectivity index (χ1v) is 11.4. The largest absolute Gasteiger partial charge is 0.437 e. The van der Waals surface area contributed by atoms with Crippen molar-refractivity contribution in [1.82, 2.24) is 14.9 Å². The predicted octanol–water partition coefficient (Wildman–Crippen LogP) is 5.56. The molecule has 0 spiro atoms. The summed E-state index contributed by atoms with van der Waals surface area (Å²) >= 11 is 6.05. The van der Waals surface area contributed by atoms with Crippen molar-refractivity contribution >= 4 is 23.3 Å². The fourth-order valence-electron chi connectivity index (χ4n) is 4.30. The lowest BCUT2D eigenvalue weighted by molar-refractivity contribution is -0.134. The van der Waals surface area contributed by atoms with Crippen molar-refractivity contribution in [3.05, 3.63) is 41.4 Å². The second-order valence-corrected chi connectivity index (χ2v) is 10.3. The maximum atomic E-state index is 13.3. The lowest BCUT2D eigenvalue weighted by atomic mass is 9.84. The molecule has 0 saturated carbocycles. The van der Waals surface area contributed by atoms with Gasteiger partial charge in [0, 0.05) is 38.2 Å². The van der Waals surface area contributed by atoms with Crippen molar-refractivity contribution in [2.45, 2.75) is 53.5 Å². The van der Waals surface area contributed by atoms with Crippen LogP contribution in [0.5, 0.6) is 11.6 Å². The molecule has 0 bridgehead atoms. The van der Waals surface area contributed by atoms with Gasteiger partial charge in [0.15, 0.2) is 0 Å². The number of hydrogen-bond donors (Lipinski definition) is 0. The molecule has 1 amide bonds. The number of rotatable bonds is 6. The van der Waals surface area contributed by atoms with Gasteiger partial charge < -0.3 is 14.5 Å². The van der Waals surface area contributed by atoms with E-state index < -0.39 is 5.82 Å². The van der Waals surface area contributed by atoms with Crippen LogP contribution in [0.3, 0.4) is 0 Å². The highest BCUT2D eigenvalue weighted by Crippen LogP contribution is 2.31. The standard InChI is InChI=1S/C24H32ClFN4O2/c1-16(13-24(3,4)5)10-23(31)30-9-8-29(14-17(30)2)21-12-22(28-15-27-21)32-20-7-6-18(26)11-19(20)25/h6-7,11-12,15-17H,8-10,13-14H2,1-5H3. The summed E-state index contributed by atoms with van der Waals surface area (Å²) in [5, 5.41) is 0.173. The van der Waals surface area contributed by atoms with E-state index in [4.69, 9.17) is 16.3 Å². The van der Waals surface area contributed by atoms with E-state index in [1.807, 2.05) is 4.90 Å². The molecule has 32 heavy (non-hydrogen) atoms. The molecular formula is C24H32ClFN4O2. The minimum absolute atomic E-state index is 0.0731. The molecule has 1 fully saturated rings. The summed E-state index contributed by atoms with van der Waals surface area (Å²) in [6.07, 6.45) is 3.03. The molecule has 0 aliphatic carbocycles. The molecule has 174 valence electrons. The summed E-state index contributed by atoms with van der Waals surface area (Å²) in [7, 11) is 0. The number of carbonyl (C=O) groups is 1. The highest BCUT2D eigenvalue weighted by atomic mass is 35.5. The third kappa shape index (κ3) is 6.55. The van der Waals surface area contributed by atoms with Crippen LogP contribution in [0, 0.1) is 17.2 Å². The Bertz CT molecular complexity index is 950. The van der Waals surface area contributed by atoms with Gasteiger partial charge in [-0.1, -0.05) is 39.3 Å². The topological polar surface area (TPSA) is 58.6 Å². The van der Waals surface area contributed by atoms with E-state index in [0.717, 1.165) is 6.42 Å². The minimum Gasteiger partial charge on any atom is -0.437 e. The second kappa shape index (κ2) is 10.0. The van der Waals surface area contributed by atoms with Crippen LogP contribution in [0.4, 0.5) is 10.2 Å². The summed E-state index contributed by atoms with van der Waals surface area (Å²) in [6.45, 7) is 12.8. The van der Waals surface area contributed by atoms with Gasteiger partial charge in [0.05, 0.1) is 5.02 Å². The third-order valence-electron chi connectivity index (χ3n) is 5.49. The van der Waals surface area contributed by atoms with Crippen LogP contribution in [-0.4, -0.2) is 46.5 Å². The molecule has 2 aromatic rings. The van der Waals surface area contributed by atoms with Gasteiger partial charge in [0.2, 0.25) is 11.8 Å². The normalized spacial score (nSPS) is 17.9. The molecule has 8 heteroatoms. The van der Waals surface area contributed by atoms with Crippen molar-refractivity contribution in [2.75, 3.05) is 24.5 Å². The number of aromatic nitrogens is 2. The average Bonchev–Trinajstić information content (AvgIpc) is 2.68. The van der Waals surface area contributed by atoms with Gasteiger partial charge in [-0.3, -0.25) is 4.79 Å². The molecule has 0 N–H and O–H groups in total. The van der Waals surface area contributed by atoms with Crippen molar-refractivity contribution in [3.8, 4) is 11.6 Å². The number of amides is 1. The number of benzene rings is 1. The number of nitrogens with zero attached hydrogens (tertiary/aromatic N) is 4. The molecule has 1 aromatic heterocycles. The highest BCUT2D eigenvalue weighted by Gasteiger charge is 2.29. The summed E-state index contributed by atoms with van der Waals surface area (Å²) in [5.41, 5.74) is 0.217. The number of ether oxygens (including phenoxy) is 1. The first-order chi connectivity index (χ1) is 15.0. The summed E-state index contributed by atoms with van der Waals surface area (Å²) < 4.78 is 19.0. The number of anilines is 1. The van der Waals surface area contributed by atoms with Crippen molar-refractivity contribution in [3.63, 3.8) is 0 Å². The number of piperazine rings is 1. The first kappa shape index (κ1) is 24.2. The highest BCUT2D eigenvalue weighted by molar-refractivity contribution is 6.32. The quantitative estimate of drug-likeness (QED) is 0.562. The van der Waals surface area contributed by atoms with E-state index in [9.17, 15) is 9.18 Å². The van der Waals surface area contributed by atoms with Gasteiger partial charge in [0.25, 0.3) is 0 Å². The summed E-state index contributed by atoms with van der Waals surface area (Å²) in [4.78, 5) is 25.5. The lowest BCUT2D eigenvalue weighted by Crippen LogP contribution is -2.54. The Kier molecular flexibility index (Phi) is 7.59. The van der Waals surface area contributed by atoms with Crippen LogP contribution in [-0.2, 0) is 4.79 Å². The molecule has 3 rings (SSSR count). The molecule has 1 saturated heterocycles. The molecule has 0 radical (unpaired) electrons. The SMILES string of the molecule is CC(CC(=O)N1CCN(c2cc(Oc3ccc(F)cc3Cl)ncn2)CC1C)CC(C)(C)C. The van der Waals surface area contributed by atoms with Crippen molar-refractivity contribution in [1.29, 1.82) is 0 Å². The first-order valence-electron chi connectivity index (χ1n) is 11.0. The molecule has 2 heterocycles. The fraction of sp³-hybridized carbons (Fsp3) is 0.542. The molecule has 2 unspecified atom stereocenters. The smallest absolute Gasteiger partial charge is 0.224 e. The monoisotopic (exact) mass is 462 g/mol. The zero-order valence-electron chi connectivity index (χ0n) is 19.4. The molecule has 6 nitrogen and oxygen atoms in total. The van der Waals surface area contributed by atoms with Gasteiger partial charge >= 0.3 is 0 Å². The van der Waals surface area contributed by atoms with E-state index in [0.29, 0.717) is 49.4 Å². The van der Waals surface area contributed by atoms with E-state index >= 15 is 0 Å². The van der Waals surface area contributed by atoms with Crippen LogP contribution in [0.25, 0.3) is 0 Å². The molecule has 1 aliphatic heterocycles. The maximum absolute atomic E-state index is 13.3. The maximum Gasteiger partial charge on any atom is 0.224 e. The van der Waals surface area contributed by atoms with Gasteiger partial charge in [-0.2, -0.15) is 0 Å². The summed E-state index contributed by atoms with van der Waals surface area (Å²) in [6, 6.07) is 5.74. The van der Waals surface area contributed by atoms with Crippen LogP contribution in [0.15, 0.2) is 30.6 Å². The van der Waals surface area contributed by atoms with Crippen molar-refractivity contribution in [2.24, 2.45) is 11.3 Å². The average molecular weight is 463 g/mol. The number of carbonyl (C=O) groups excluding carboxylic acids is 1. The molecule has 1 aromatic carbocycles. The van der Waals surface area contributed by atoms with Gasteiger partial charge in [-0.25, -0.2) is 14.4 Å². The number of hydrogen-bond acceptors (Lipinski definition) is 5. The lowest BCUT2D eigenvalue weighted by Gasteiger charge is -2.41. The zero-order chi connectivity index (χ0) is 23.5. The zero-order valence-corrected chi connectivity index (χ0v) is 20.2. The van der Waals surface area contributed by atoms with E-state index in [1.165, 1.54) is 24.5 Å². The van der Waals surface area contributed by atoms with E-state index in [1.54, 1.807) is 6.07 Å². The Morgan fingerprint density at radius 2 is 2.03 bits per heavy atom. The Morgan fingerprint density at radius 3 is 2.69 bits per heavy atom. The Balaban J connectivity index is 1.61.